The molecule has 0 saturated heterocycles. The Labute approximate surface area is 176 Å². The molecule has 1 aliphatic rings. The summed E-state index contributed by atoms with van der Waals surface area (Å²) in [5, 5.41) is 0. The van der Waals surface area contributed by atoms with Crippen molar-refractivity contribution in [1.82, 2.24) is 0 Å². The molecule has 2 heteroatoms. The van der Waals surface area contributed by atoms with Gasteiger partial charge in [-0.3, -0.25) is 0 Å². The molecular formula is C27H21ClO. The van der Waals surface area contributed by atoms with E-state index in [4.69, 9.17) is 16.3 Å². The van der Waals surface area contributed by atoms with Crippen LogP contribution >= 0.6 is 11.6 Å². The molecule has 0 aliphatic heterocycles. The summed E-state index contributed by atoms with van der Waals surface area (Å²) >= 11 is 5.86. The minimum Gasteiger partial charge on any atom is -0.492 e. The van der Waals surface area contributed by atoms with Gasteiger partial charge in [0.1, 0.15) is 12.4 Å². The third kappa shape index (κ3) is 3.32. The molecule has 0 spiro atoms. The number of benzene rings is 4. The van der Waals surface area contributed by atoms with Crippen molar-refractivity contribution in [2.45, 2.75) is 6.42 Å². The average Bonchev–Trinajstić information content (AvgIpc) is 3.17. The van der Waals surface area contributed by atoms with Crippen LogP contribution in [0.1, 0.15) is 11.1 Å². The molecule has 0 heterocycles. The number of halogens is 1. The maximum Gasteiger partial charge on any atom is 0.127 e. The first-order valence-corrected chi connectivity index (χ1v) is 10.5. The van der Waals surface area contributed by atoms with Crippen LogP contribution in [0.2, 0.25) is 0 Å². The molecule has 29 heavy (non-hydrogen) atoms. The Bertz CT molecular complexity index is 1160. The van der Waals surface area contributed by atoms with Crippen molar-refractivity contribution in [2.24, 2.45) is 0 Å². The lowest BCUT2D eigenvalue weighted by Crippen LogP contribution is -2.00. The number of hydrogen-bond donors (Lipinski definition) is 0. The molecule has 0 atom stereocenters. The van der Waals surface area contributed by atoms with Crippen LogP contribution in [0.5, 0.6) is 5.75 Å². The van der Waals surface area contributed by atoms with Gasteiger partial charge in [0.2, 0.25) is 0 Å². The third-order valence-corrected chi connectivity index (χ3v) is 5.72. The maximum absolute atomic E-state index is 5.94. The fourth-order valence-electron chi connectivity index (χ4n) is 4.24. The SMILES string of the molecule is ClCCOc1ccc(-c2cccc3c2Cc2ccccc2-3)cc1-c1ccccc1. The molecule has 0 N–H and O–H groups in total. The topological polar surface area (TPSA) is 9.23 Å². The van der Waals surface area contributed by atoms with Gasteiger partial charge in [-0.1, -0.05) is 78.9 Å². The van der Waals surface area contributed by atoms with Crippen molar-refractivity contribution in [3.63, 3.8) is 0 Å². The summed E-state index contributed by atoms with van der Waals surface area (Å²) in [6.45, 7) is 0.497. The third-order valence-electron chi connectivity index (χ3n) is 5.56. The zero-order valence-corrected chi connectivity index (χ0v) is 16.8. The normalized spacial score (nSPS) is 11.8. The van der Waals surface area contributed by atoms with Crippen molar-refractivity contribution in [2.75, 3.05) is 12.5 Å². The van der Waals surface area contributed by atoms with Gasteiger partial charge in [-0.15, -0.1) is 11.6 Å². The second-order valence-corrected chi connectivity index (χ2v) is 7.66. The summed E-state index contributed by atoms with van der Waals surface area (Å²) in [6.07, 6.45) is 0.979. The van der Waals surface area contributed by atoms with Crippen molar-refractivity contribution in [3.8, 4) is 39.1 Å². The van der Waals surface area contributed by atoms with Crippen molar-refractivity contribution < 1.29 is 4.74 Å². The smallest absolute Gasteiger partial charge is 0.127 e. The lowest BCUT2D eigenvalue weighted by molar-refractivity contribution is 0.344. The van der Waals surface area contributed by atoms with Gasteiger partial charge in [0.15, 0.2) is 0 Å². The van der Waals surface area contributed by atoms with E-state index in [-0.39, 0.29) is 0 Å². The van der Waals surface area contributed by atoms with Crippen LogP contribution in [-0.2, 0) is 6.42 Å². The highest BCUT2D eigenvalue weighted by molar-refractivity contribution is 6.18. The fourth-order valence-corrected chi connectivity index (χ4v) is 4.32. The van der Waals surface area contributed by atoms with Crippen LogP contribution in [0.25, 0.3) is 33.4 Å². The zero-order valence-electron chi connectivity index (χ0n) is 16.1. The molecule has 1 aliphatic carbocycles. The summed E-state index contributed by atoms with van der Waals surface area (Å²) in [6, 6.07) is 32.2. The van der Waals surface area contributed by atoms with E-state index >= 15 is 0 Å². The summed E-state index contributed by atoms with van der Waals surface area (Å²) in [5.41, 5.74) is 10.3. The number of hydrogen-bond acceptors (Lipinski definition) is 1. The van der Waals surface area contributed by atoms with E-state index < -0.39 is 0 Å². The molecule has 1 nitrogen and oxygen atoms in total. The standard InChI is InChI=1S/C27H21ClO/c28-15-16-29-27-14-13-21(17-25(27)19-7-2-1-3-8-19)23-11-6-12-24-22-10-5-4-9-20(22)18-26(23)24/h1-14,17H,15-16,18H2. The van der Waals surface area contributed by atoms with Gasteiger partial charge < -0.3 is 4.74 Å². The molecule has 0 saturated carbocycles. The summed E-state index contributed by atoms with van der Waals surface area (Å²) < 4.78 is 5.94. The molecule has 4 aromatic carbocycles. The summed E-state index contributed by atoms with van der Waals surface area (Å²) in [5.74, 6) is 1.34. The zero-order chi connectivity index (χ0) is 19.6. The Morgan fingerprint density at radius 1 is 0.655 bits per heavy atom. The molecule has 0 bridgehead atoms. The molecule has 0 aromatic heterocycles. The van der Waals surface area contributed by atoms with E-state index in [1.165, 1.54) is 33.4 Å². The Morgan fingerprint density at radius 2 is 1.41 bits per heavy atom. The van der Waals surface area contributed by atoms with Crippen LogP contribution in [0.15, 0.2) is 91.0 Å². The summed E-state index contributed by atoms with van der Waals surface area (Å²) in [7, 11) is 0. The summed E-state index contributed by atoms with van der Waals surface area (Å²) in [4.78, 5) is 0. The molecule has 0 fully saturated rings. The fraction of sp³-hybridized carbons (Fsp3) is 0.111. The monoisotopic (exact) mass is 396 g/mol. The molecule has 4 aromatic rings. The minimum atomic E-state index is 0.473. The molecular weight excluding hydrogens is 376 g/mol. The van der Waals surface area contributed by atoms with Crippen LogP contribution in [0.4, 0.5) is 0 Å². The second-order valence-electron chi connectivity index (χ2n) is 7.28. The van der Waals surface area contributed by atoms with E-state index in [1.54, 1.807) is 0 Å². The molecule has 5 rings (SSSR count). The minimum absolute atomic E-state index is 0.473. The van der Waals surface area contributed by atoms with Gasteiger partial charge in [-0.25, -0.2) is 0 Å². The van der Waals surface area contributed by atoms with Crippen molar-refractivity contribution in [1.29, 1.82) is 0 Å². The Balaban J connectivity index is 1.63. The first kappa shape index (κ1) is 18.0. The molecule has 0 radical (unpaired) electrons. The van der Waals surface area contributed by atoms with E-state index in [2.05, 4.69) is 84.9 Å². The van der Waals surface area contributed by atoms with Crippen LogP contribution in [0, 0.1) is 0 Å². The van der Waals surface area contributed by atoms with Crippen molar-refractivity contribution >= 4 is 11.6 Å². The molecule has 0 amide bonds. The lowest BCUT2D eigenvalue weighted by atomic mass is 9.93. The van der Waals surface area contributed by atoms with Gasteiger partial charge in [-0.2, -0.15) is 0 Å². The number of alkyl halides is 1. The largest absolute Gasteiger partial charge is 0.492 e. The molecule has 0 unspecified atom stereocenters. The van der Waals surface area contributed by atoms with E-state index in [9.17, 15) is 0 Å². The van der Waals surface area contributed by atoms with Crippen molar-refractivity contribution in [3.05, 3.63) is 102 Å². The number of fused-ring (bicyclic) bond motifs is 3. The van der Waals surface area contributed by atoms with Crippen LogP contribution in [0.3, 0.4) is 0 Å². The lowest BCUT2D eigenvalue weighted by Gasteiger charge is -2.15. The second kappa shape index (κ2) is 7.77. The van der Waals surface area contributed by atoms with Gasteiger partial charge in [0, 0.05) is 5.56 Å². The first-order chi connectivity index (χ1) is 14.3. The van der Waals surface area contributed by atoms with E-state index in [0.717, 1.165) is 23.3 Å². The number of ether oxygens (including phenoxy) is 1. The van der Waals surface area contributed by atoms with Gasteiger partial charge in [0.25, 0.3) is 0 Å². The highest BCUT2D eigenvalue weighted by Crippen LogP contribution is 2.43. The van der Waals surface area contributed by atoms with Crippen LogP contribution < -0.4 is 4.74 Å². The highest BCUT2D eigenvalue weighted by Gasteiger charge is 2.21. The van der Waals surface area contributed by atoms with Gasteiger partial charge in [0.05, 0.1) is 5.88 Å². The predicted octanol–water partition coefficient (Wildman–Crippen LogP) is 7.21. The Morgan fingerprint density at radius 3 is 2.28 bits per heavy atom. The van der Waals surface area contributed by atoms with Gasteiger partial charge in [-0.05, 0) is 57.5 Å². The first-order valence-electron chi connectivity index (χ1n) is 9.94. The Hall–Kier alpha value is -3.03. The van der Waals surface area contributed by atoms with Gasteiger partial charge >= 0.3 is 0 Å². The highest BCUT2D eigenvalue weighted by atomic mass is 35.5. The Kier molecular flexibility index (Phi) is 4.83. The van der Waals surface area contributed by atoms with E-state index in [0.29, 0.717) is 12.5 Å². The predicted molar refractivity (Wildman–Crippen MR) is 122 cm³/mol. The average molecular weight is 397 g/mol. The number of rotatable bonds is 5. The maximum atomic E-state index is 5.94. The molecule has 142 valence electrons. The quantitative estimate of drug-likeness (QED) is 0.285. The van der Waals surface area contributed by atoms with Crippen LogP contribution in [-0.4, -0.2) is 12.5 Å². The van der Waals surface area contributed by atoms with E-state index in [1.807, 2.05) is 6.07 Å².